The van der Waals surface area contributed by atoms with Gasteiger partial charge in [0, 0.05) is 22.8 Å². The van der Waals surface area contributed by atoms with Crippen LogP contribution in [-0.2, 0) is 9.16 Å². The molecule has 0 N–H and O–H groups in total. The zero-order valence-electron chi connectivity index (χ0n) is 13.7. The smallest absolute Gasteiger partial charge is 0.192 e. The number of rotatable bonds is 3. The molecule has 118 valence electrons. The average Bonchev–Trinajstić information content (AvgIpc) is 3.03. The molecule has 3 fully saturated rings. The first kappa shape index (κ1) is 14.9. The molecule has 1 heterocycles. The Morgan fingerprint density at radius 2 is 2.10 bits per heavy atom. The van der Waals surface area contributed by atoms with Crippen LogP contribution in [0.3, 0.4) is 0 Å². The fraction of sp³-hybridized carbons (Fsp3) is 0.882. The second kappa shape index (κ2) is 4.25. The van der Waals surface area contributed by atoms with Crippen molar-refractivity contribution in [2.24, 2.45) is 23.2 Å². The quantitative estimate of drug-likeness (QED) is 0.417. The molecule has 0 aromatic carbocycles. The molecule has 0 radical (unpaired) electrons. The van der Waals surface area contributed by atoms with Crippen LogP contribution in [-0.4, -0.2) is 32.0 Å². The highest BCUT2D eigenvalue weighted by molar-refractivity contribution is 9.09. The maximum Gasteiger partial charge on any atom is 0.192 e. The summed E-state index contributed by atoms with van der Waals surface area (Å²) in [7, 11) is -1.69. The van der Waals surface area contributed by atoms with Crippen LogP contribution in [0.15, 0.2) is 12.2 Å². The normalized spacial score (nSPS) is 50.4. The Balaban J connectivity index is 1.60. The number of hydrogen-bond donors (Lipinski definition) is 0. The van der Waals surface area contributed by atoms with Crippen LogP contribution < -0.4 is 0 Å². The van der Waals surface area contributed by atoms with Gasteiger partial charge >= 0.3 is 0 Å². The molecule has 0 amide bonds. The lowest BCUT2D eigenvalue weighted by atomic mass is 9.68. The van der Waals surface area contributed by atoms with Crippen molar-refractivity contribution in [3.63, 3.8) is 0 Å². The highest BCUT2D eigenvalue weighted by atomic mass is 79.9. The van der Waals surface area contributed by atoms with Gasteiger partial charge in [0.05, 0.1) is 12.2 Å². The molecule has 21 heavy (non-hydrogen) atoms. The number of ether oxygens (including phenoxy) is 1. The highest BCUT2D eigenvalue weighted by Crippen LogP contribution is 2.70. The van der Waals surface area contributed by atoms with Gasteiger partial charge in [0.15, 0.2) is 8.32 Å². The third-order valence-corrected chi connectivity index (χ3v) is 12.8. The number of halogens is 1. The second-order valence-corrected chi connectivity index (χ2v) is 14.9. The van der Waals surface area contributed by atoms with Gasteiger partial charge in [-0.15, -0.1) is 0 Å². The fourth-order valence-electron chi connectivity index (χ4n) is 4.97. The molecule has 2 saturated carbocycles. The van der Waals surface area contributed by atoms with Gasteiger partial charge in [-0.1, -0.05) is 48.9 Å². The zero-order valence-corrected chi connectivity index (χ0v) is 16.3. The Kier molecular flexibility index (Phi) is 3.02. The van der Waals surface area contributed by atoms with E-state index in [0.29, 0.717) is 28.9 Å². The van der Waals surface area contributed by atoms with Crippen LogP contribution in [0, 0.1) is 23.2 Å². The first-order valence-corrected chi connectivity index (χ1v) is 12.1. The van der Waals surface area contributed by atoms with Crippen LogP contribution in [0.4, 0.5) is 0 Å². The molecular formula is C17H27BrO2Si. The van der Waals surface area contributed by atoms with Crippen molar-refractivity contribution < 1.29 is 9.16 Å². The van der Waals surface area contributed by atoms with E-state index in [1.807, 2.05) is 0 Å². The maximum absolute atomic E-state index is 6.66. The Morgan fingerprint density at radius 3 is 2.76 bits per heavy atom. The molecule has 4 rings (SSSR count). The summed E-state index contributed by atoms with van der Waals surface area (Å²) in [5, 5.41) is 0.283. The van der Waals surface area contributed by atoms with Crippen molar-refractivity contribution in [3.05, 3.63) is 12.2 Å². The van der Waals surface area contributed by atoms with Crippen molar-refractivity contribution in [1.29, 1.82) is 0 Å². The third kappa shape index (κ3) is 1.76. The Hall–Kier alpha value is 0.357. The summed E-state index contributed by atoms with van der Waals surface area (Å²) in [6, 6.07) is 0. The van der Waals surface area contributed by atoms with E-state index in [-0.39, 0.29) is 10.5 Å². The van der Waals surface area contributed by atoms with Gasteiger partial charge in [0.25, 0.3) is 0 Å². The molecule has 0 aromatic heterocycles. The van der Waals surface area contributed by atoms with Crippen molar-refractivity contribution in [2.75, 3.05) is 6.61 Å². The van der Waals surface area contributed by atoms with Gasteiger partial charge in [-0.2, -0.15) is 0 Å². The summed E-state index contributed by atoms with van der Waals surface area (Å²) >= 11 is 3.94. The predicted octanol–water partition coefficient (Wildman–Crippen LogP) is 4.36. The lowest BCUT2D eigenvalue weighted by Gasteiger charge is -2.44. The van der Waals surface area contributed by atoms with Gasteiger partial charge in [0.2, 0.25) is 0 Å². The predicted molar refractivity (Wildman–Crippen MR) is 91.2 cm³/mol. The molecule has 0 unspecified atom stereocenters. The minimum atomic E-state index is -1.69. The van der Waals surface area contributed by atoms with Crippen molar-refractivity contribution >= 4 is 24.2 Å². The van der Waals surface area contributed by atoms with Crippen molar-refractivity contribution in [2.45, 2.75) is 62.4 Å². The Bertz CT molecular complexity index is 498. The van der Waals surface area contributed by atoms with E-state index in [0.717, 1.165) is 12.5 Å². The molecule has 4 aliphatic rings. The van der Waals surface area contributed by atoms with E-state index in [4.69, 9.17) is 9.16 Å². The number of alkyl halides is 1. The minimum Gasteiger partial charge on any atom is -0.416 e. The number of hydrogen-bond acceptors (Lipinski definition) is 2. The van der Waals surface area contributed by atoms with Crippen LogP contribution in [0.5, 0.6) is 0 Å². The van der Waals surface area contributed by atoms with Gasteiger partial charge in [-0.05, 0) is 36.4 Å². The van der Waals surface area contributed by atoms with Crippen molar-refractivity contribution in [1.82, 2.24) is 0 Å². The topological polar surface area (TPSA) is 18.5 Å². The summed E-state index contributed by atoms with van der Waals surface area (Å²) in [5.74, 6) is 2.14. The molecule has 1 saturated heterocycles. The Labute approximate surface area is 137 Å². The van der Waals surface area contributed by atoms with Gasteiger partial charge < -0.3 is 9.16 Å². The Morgan fingerprint density at radius 1 is 1.38 bits per heavy atom. The summed E-state index contributed by atoms with van der Waals surface area (Å²) in [6.45, 7) is 12.6. The minimum absolute atomic E-state index is 0.242. The standard InChI is InChI=1S/C17H27BrO2Si/c1-16(2,3)21(4,5)19-9-17-7-6-12-13(17)10-8-11(17)14(18)15(10)20-12/h6-7,10-15H,8-9H2,1-5H3/t10-,11-,12+,13+,14+,15+,17-/m1/s1. The van der Waals surface area contributed by atoms with Crippen LogP contribution >= 0.6 is 15.9 Å². The second-order valence-electron chi connectivity index (χ2n) is 9.06. The van der Waals surface area contributed by atoms with E-state index in [1.165, 1.54) is 6.42 Å². The van der Waals surface area contributed by atoms with E-state index in [1.54, 1.807) is 0 Å². The largest absolute Gasteiger partial charge is 0.416 e. The van der Waals surface area contributed by atoms with Crippen LogP contribution in [0.1, 0.15) is 27.2 Å². The average molecular weight is 371 g/mol. The number of fused-ring (bicyclic) bond motifs is 2. The first-order chi connectivity index (χ1) is 9.67. The molecule has 4 heteroatoms. The molecule has 0 spiro atoms. The van der Waals surface area contributed by atoms with Crippen LogP contribution in [0.25, 0.3) is 0 Å². The third-order valence-electron chi connectivity index (χ3n) is 7.17. The summed E-state index contributed by atoms with van der Waals surface area (Å²) in [5.41, 5.74) is 0.242. The molecule has 2 bridgehead atoms. The van der Waals surface area contributed by atoms with E-state index in [2.05, 4.69) is 61.9 Å². The summed E-state index contributed by atoms with van der Waals surface area (Å²) in [4.78, 5) is 0.525. The van der Waals surface area contributed by atoms with Gasteiger partial charge in [-0.25, -0.2) is 0 Å². The highest BCUT2D eigenvalue weighted by Gasteiger charge is 2.72. The zero-order chi connectivity index (χ0) is 15.2. The molecule has 0 aromatic rings. The van der Waals surface area contributed by atoms with Gasteiger partial charge in [-0.3, -0.25) is 0 Å². The summed E-state index contributed by atoms with van der Waals surface area (Å²) < 4.78 is 13.0. The molecule has 2 nitrogen and oxygen atoms in total. The molecule has 1 aliphatic heterocycles. The first-order valence-electron chi connectivity index (χ1n) is 8.30. The fourth-order valence-corrected chi connectivity index (χ4v) is 7.24. The SMILES string of the molecule is CC(C)(C)[Si](C)(C)OC[C@]12C=C[C@@H]3O[C@@H]4[C@@H](Br)[C@H]1C[C@@H]4[C@@H]32. The lowest BCUT2D eigenvalue weighted by molar-refractivity contribution is 0.0694. The maximum atomic E-state index is 6.66. The van der Waals surface area contributed by atoms with Gasteiger partial charge in [0.1, 0.15) is 0 Å². The van der Waals surface area contributed by atoms with Crippen molar-refractivity contribution in [3.8, 4) is 0 Å². The van der Waals surface area contributed by atoms with Crippen LogP contribution in [0.2, 0.25) is 18.1 Å². The lowest BCUT2D eigenvalue weighted by Crippen LogP contribution is -2.49. The summed E-state index contributed by atoms with van der Waals surface area (Å²) in [6.07, 6.45) is 6.93. The monoisotopic (exact) mass is 370 g/mol. The van der Waals surface area contributed by atoms with E-state index in [9.17, 15) is 0 Å². The van der Waals surface area contributed by atoms with E-state index < -0.39 is 8.32 Å². The van der Waals surface area contributed by atoms with E-state index >= 15 is 0 Å². The molecular weight excluding hydrogens is 344 g/mol. The molecule has 3 aliphatic carbocycles. The molecule has 7 atom stereocenters.